The number of nitrogens with one attached hydrogen (secondary N) is 1. The highest BCUT2D eigenvalue weighted by molar-refractivity contribution is 8.02. The molecule has 0 radical (unpaired) electrons. The van der Waals surface area contributed by atoms with Gasteiger partial charge in [-0.3, -0.25) is 4.79 Å². The smallest absolute Gasteiger partial charge is 0.230 e. The summed E-state index contributed by atoms with van der Waals surface area (Å²) in [6, 6.07) is 13.6. The van der Waals surface area contributed by atoms with Crippen molar-refractivity contribution in [2.45, 2.75) is 21.5 Å². The second-order valence-electron chi connectivity index (χ2n) is 4.73. The number of benzene rings is 1. The van der Waals surface area contributed by atoms with E-state index < -0.39 is 0 Å². The summed E-state index contributed by atoms with van der Waals surface area (Å²) in [7, 11) is 0. The molecule has 24 heavy (non-hydrogen) atoms. The molecule has 3 rings (SSSR count). The first-order valence-corrected chi connectivity index (χ1v) is 9.07. The van der Waals surface area contributed by atoms with Crippen LogP contribution in [0.1, 0.15) is 5.76 Å². The van der Waals surface area contributed by atoms with Crippen LogP contribution < -0.4 is 5.32 Å². The van der Waals surface area contributed by atoms with Crippen molar-refractivity contribution in [2.24, 2.45) is 0 Å². The van der Waals surface area contributed by atoms with Gasteiger partial charge in [-0.1, -0.05) is 41.7 Å². The number of rotatable bonds is 7. The lowest BCUT2D eigenvalue weighted by molar-refractivity contribution is -0.118. The number of aromatic nitrogens is 2. The molecule has 0 unspecified atom stereocenters. The van der Waals surface area contributed by atoms with Crippen molar-refractivity contribution >= 4 is 29.4 Å². The normalized spacial score (nSPS) is 10.5. The van der Waals surface area contributed by atoms with E-state index in [1.54, 1.807) is 24.7 Å². The van der Waals surface area contributed by atoms with Gasteiger partial charge in [0.1, 0.15) is 15.8 Å². The third-order valence-electron chi connectivity index (χ3n) is 2.97. The van der Waals surface area contributed by atoms with E-state index in [9.17, 15) is 4.79 Å². The van der Waals surface area contributed by atoms with Crippen LogP contribution in [0.3, 0.4) is 0 Å². The van der Waals surface area contributed by atoms with E-state index in [0.29, 0.717) is 6.54 Å². The van der Waals surface area contributed by atoms with E-state index in [0.717, 1.165) is 20.7 Å². The van der Waals surface area contributed by atoms with Crippen LogP contribution in [-0.2, 0) is 11.3 Å². The van der Waals surface area contributed by atoms with Crippen molar-refractivity contribution in [3.8, 4) is 0 Å². The average molecular weight is 357 g/mol. The minimum absolute atomic E-state index is 0.0716. The van der Waals surface area contributed by atoms with Gasteiger partial charge in [-0.05, 0) is 24.3 Å². The Morgan fingerprint density at radius 3 is 2.58 bits per heavy atom. The molecule has 122 valence electrons. The predicted molar refractivity (Wildman–Crippen MR) is 93.9 cm³/mol. The average Bonchev–Trinajstić information content (AvgIpc) is 3.14. The van der Waals surface area contributed by atoms with E-state index in [1.165, 1.54) is 23.5 Å². The molecule has 0 atom stereocenters. The molecule has 2 aromatic heterocycles. The number of thioether (sulfide) groups is 1. The Labute approximate surface area is 148 Å². The highest BCUT2D eigenvalue weighted by Crippen LogP contribution is 2.32. The molecule has 0 bridgehead atoms. The van der Waals surface area contributed by atoms with Crippen LogP contribution in [0.5, 0.6) is 0 Å². The topological polar surface area (TPSA) is 68.0 Å². The highest BCUT2D eigenvalue weighted by Gasteiger charge is 2.10. The molecule has 5 nitrogen and oxygen atoms in total. The molecule has 0 fully saturated rings. The monoisotopic (exact) mass is 357 g/mol. The Hall–Kier alpha value is -2.25. The summed E-state index contributed by atoms with van der Waals surface area (Å²) in [6.07, 6.45) is 4.88. The number of hydrogen-bond acceptors (Lipinski definition) is 6. The van der Waals surface area contributed by atoms with Gasteiger partial charge in [-0.25, -0.2) is 9.97 Å². The maximum atomic E-state index is 12.0. The number of hydrogen-bond donors (Lipinski definition) is 1. The molecule has 1 N–H and O–H groups in total. The van der Waals surface area contributed by atoms with Crippen LogP contribution in [0, 0.1) is 0 Å². The standard InChI is InChI=1S/C17H15N3O2S2/c21-15(20-11-13-5-4-10-22-13)12-23-16-17(19-9-8-18-16)24-14-6-2-1-3-7-14/h1-10H,11-12H2,(H,20,21). The van der Waals surface area contributed by atoms with Gasteiger partial charge in [-0.15, -0.1) is 0 Å². The van der Waals surface area contributed by atoms with Crippen molar-refractivity contribution < 1.29 is 9.21 Å². The fraction of sp³-hybridized carbons (Fsp3) is 0.118. The van der Waals surface area contributed by atoms with Crippen molar-refractivity contribution in [1.29, 1.82) is 0 Å². The van der Waals surface area contributed by atoms with Gasteiger partial charge in [-0.2, -0.15) is 0 Å². The molecule has 0 saturated carbocycles. The maximum absolute atomic E-state index is 12.0. The first-order chi connectivity index (χ1) is 11.8. The lowest BCUT2D eigenvalue weighted by Crippen LogP contribution is -2.24. The minimum Gasteiger partial charge on any atom is -0.467 e. The van der Waals surface area contributed by atoms with Gasteiger partial charge >= 0.3 is 0 Å². The second kappa shape index (κ2) is 8.56. The van der Waals surface area contributed by atoms with Crippen molar-refractivity contribution in [1.82, 2.24) is 15.3 Å². The third-order valence-corrected chi connectivity index (χ3v) is 5.08. The van der Waals surface area contributed by atoms with E-state index in [4.69, 9.17) is 4.42 Å². The zero-order chi connectivity index (χ0) is 16.6. The summed E-state index contributed by atoms with van der Waals surface area (Å²) in [6.45, 7) is 0.387. The maximum Gasteiger partial charge on any atom is 0.230 e. The zero-order valence-electron chi connectivity index (χ0n) is 12.7. The van der Waals surface area contributed by atoms with Crippen LogP contribution >= 0.6 is 23.5 Å². The van der Waals surface area contributed by atoms with E-state index in [1.807, 2.05) is 36.4 Å². The Balaban J connectivity index is 1.56. The number of carbonyl (C=O) groups excluding carboxylic acids is 1. The van der Waals surface area contributed by atoms with E-state index in [-0.39, 0.29) is 11.7 Å². The van der Waals surface area contributed by atoms with Gasteiger partial charge in [0.05, 0.1) is 18.6 Å². The second-order valence-corrected chi connectivity index (χ2v) is 6.75. The van der Waals surface area contributed by atoms with Crippen LogP contribution in [0.15, 0.2) is 80.5 Å². The van der Waals surface area contributed by atoms with Crippen LogP contribution in [0.4, 0.5) is 0 Å². The quantitative estimate of drug-likeness (QED) is 0.651. The Kier molecular flexibility index (Phi) is 5.92. The fourth-order valence-electron chi connectivity index (χ4n) is 1.87. The summed E-state index contributed by atoms with van der Waals surface area (Å²) in [5, 5.41) is 4.36. The van der Waals surface area contributed by atoms with E-state index >= 15 is 0 Å². The lowest BCUT2D eigenvalue weighted by Gasteiger charge is -2.07. The van der Waals surface area contributed by atoms with Gasteiger partial charge in [0, 0.05) is 17.3 Å². The summed E-state index contributed by atoms with van der Waals surface area (Å²) >= 11 is 2.91. The Bertz CT molecular complexity index is 780. The molecule has 0 aliphatic heterocycles. The molecule has 1 amide bonds. The van der Waals surface area contributed by atoms with Crippen LogP contribution in [0.2, 0.25) is 0 Å². The van der Waals surface area contributed by atoms with Gasteiger partial charge in [0.25, 0.3) is 0 Å². The Morgan fingerprint density at radius 1 is 1.04 bits per heavy atom. The summed E-state index contributed by atoms with van der Waals surface area (Å²) in [5.41, 5.74) is 0. The molecule has 0 spiro atoms. The van der Waals surface area contributed by atoms with Gasteiger partial charge in [0.15, 0.2) is 0 Å². The SMILES string of the molecule is O=C(CSc1nccnc1Sc1ccccc1)NCc1ccco1. The first-order valence-electron chi connectivity index (χ1n) is 7.27. The van der Waals surface area contributed by atoms with Crippen molar-refractivity contribution in [3.05, 3.63) is 66.9 Å². The summed E-state index contributed by atoms with van der Waals surface area (Å²) < 4.78 is 5.18. The van der Waals surface area contributed by atoms with Crippen LogP contribution in [0.25, 0.3) is 0 Å². The summed E-state index contributed by atoms with van der Waals surface area (Å²) in [5.74, 6) is 0.938. The highest BCUT2D eigenvalue weighted by atomic mass is 32.2. The fourth-order valence-corrected chi connectivity index (χ4v) is 3.62. The molecule has 0 aliphatic rings. The lowest BCUT2D eigenvalue weighted by atomic mass is 10.4. The van der Waals surface area contributed by atoms with Crippen molar-refractivity contribution in [3.63, 3.8) is 0 Å². The number of amides is 1. The molecular formula is C17H15N3O2S2. The number of nitrogens with zero attached hydrogens (tertiary/aromatic N) is 2. The minimum atomic E-state index is -0.0716. The third kappa shape index (κ3) is 4.87. The number of furan rings is 1. The molecule has 0 aliphatic carbocycles. The Morgan fingerprint density at radius 2 is 1.83 bits per heavy atom. The molecular weight excluding hydrogens is 342 g/mol. The van der Waals surface area contributed by atoms with Crippen molar-refractivity contribution in [2.75, 3.05) is 5.75 Å². The molecule has 3 aromatic rings. The molecule has 0 saturated heterocycles. The molecule has 7 heteroatoms. The molecule has 1 aromatic carbocycles. The first kappa shape index (κ1) is 16.6. The summed E-state index contributed by atoms with van der Waals surface area (Å²) in [4.78, 5) is 21.7. The zero-order valence-corrected chi connectivity index (χ0v) is 14.3. The van der Waals surface area contributed by atoms with Crippen LogP contribution in [-0.4, -0.2) is 21.6 Å². The van der Waals surface area contributed by atoms with Gasteiger partial charge in [0.2, 0.25) is 5.91 Å². The number of carbonyl (C=O) groups is 1. The predicted octanol–water partition coefficient (Wildman–Crippen LogP) is 3.63. The van der Waals surface area contributed by atoms with Gasteiger partial charge < -0.3 is 9.73 Å². The largest absolute Gasteiger partial charge is 0.467 e. The molecule has 2 heterocycles. The van der Waals surface area contributed by atoms with E-state index in [2.05, 4.69) is 15.3 Å².